The van der Waals surface area contributed by atoms with Crippen LogP contribution in [0.5, 0.6) is 5.75 Å². The average molecular weight is 376 g/mol. The van der Waals surface area contributed by atoms with Gasteiger partial charge in [-0.05, 0) is 19.1 Å². The van der Waals surface area contributed by atoms with Crippen LogP contribution in [0.15, 0.2) is 34.8 Å². The van der Waals surface area contributed by atoms with Crippen molar-refractivity contribution in [3.05, 3.63) is 35.3 Å². The fourth-order valence-corrected chi connectivity index (χ4v) is 3.45. The summed E-state index contributed by atoms with van der Waals surface area (Å²) >= 11 is 2.58. The molecular weight excluding hydrogens is 360 g/mol. The second-order valence-electron chi connectivity index (χ2n) is 5.01. The summed E-state index contributed by atoms with van der Waals surface area (Å²) in [5.41, 5.74) is 1.60. The van der Waals surface area contributed by atoms with Crippen molar-refractivity contribution in [1.29, 1.82) is 0 Å². The van der Waals surface area contributed by atoms with Gasteiger partial charge in [0, 0.05) is 5.38 Å². The molecule has 8 nitrogen and oxygen atoms in total. The van der Waals surface area contributed by atoms with Crippen LogP contribution in [0.4, 0.5) is 5.13 Å². The molecule has 25 heavy (non-hydrogen) atoms. The third kappa shape index (κ3) is 3.91. The van der Waals surface area contributed by atoms with Crippen molar-refractivity contribution in [3.63, 3.8) is 0 Å². The summed E-state index contributed by atoms with van der Waals surface area (Å²) in [6.07, 6.45) is 0. The number of thiazole rings is 1. The molecule has 3 rings (SSSR count). The fourth-order valence-electron chi connectivity index (χ4n) is 2.09. The van der Waals surface area contributed by atoms with E-state index in [1.807, 2.05) is 36.6 Å². The van der Waals surface area contributed by atoms with E-state index >= 15 is 0 Å². The van der Waals surface area contributed by atoms with Crippen molar-refractivity contribution in [2.75, 3.05) is 24.0 Å². The summed E-state index contributed by atoms with van der Waals surface area (Å²) in [5, 5.41) is 13.8. The van der Waals surface area contributed by atoms with E-state index in [0.717, 1.165) is 11.3 Å². The Balaban J connectivity index is 1.68. The molecule has 0 unspecified atom stereocenters. The van der Waals surface area contributed by atoms with Gasteiger partial charge in [0.05, 0.1) is 24.1 Å². The molecule has 10 heteroatoms. The summed E-state index contributed by atoms with van der Waals surface area (Å²) in [6.45, 7) is 1.87. The van der Waals surface area contributed by atoms with Gasteiger partial charge in [0.2, 0.25) is 11.1 Å². The molecule has 0 fully saturated rings. The first kappa shape index (κ1) is 17.2. The van der Waals surface area contributed by atoms with Gasteiger partial charge in [0.25, 0.3) is 0 Å². The number of hydrogen-bond acceptors (Lipinski definition) is 8. The van der Waals surface area contributed by atoms with Crippen LogP contribution in [0.2, 0.25) is 0 Å². The number of ether oxygens (including phenoxy) is 1. The number of methoxy groups -OCH3 is 1. The number of aromatic nitrogens is 4. The SMILES string of the molecule is COc1ccccc1-c1nnc(SCC(=O)Nc2nc(C)cs2)n1N. The Kier molecular flexibility index (Phi) is 5.19. The van der Waals surface area contributed by atoms with Crippen molar-refractivity contribution >= 4 is 34.1 Å². The molecular formula is C15H16N6O2S2. The highest BCUT2D eigenvalue weighted by atomic mass is 32.2. The summed E-state index contributed by atoms with van der Waals surface area (Å²) < 4.78 is 6.67. The summed E-state index contributed by atoms with van der Waals surface area (Å²) in [7, 11) is 1.58. The lowest BCUT2D eigenvalue weighted by molar-refractivity contribution is -0.113. The highest BCUT2D eigenvalue weighted by molar-refractivity contribution is 7.99. The third-order valence-electron chi connectivity index (χ3n) is 3.21. The number of hydrogen-bond donors (Lipinski definition) is 2. The van der Waals surface area contributed by atoms with E-state index in [0.29, 0.717) is 21.9 Å². The second kappa shape index (κ2) is 7.53. The number of nitrogens with two attached hydrogens (primary N) is 1. The summed E-state index contributed by atoms with van der Waals surface area (Å²) in [6, 6.07) is 7.39. The standard InChI is InChI=1S/C15H16N6O2S2/c1-9-7-24-14(17-9)18-12(22)8-25-15-20-19-13(21(15)16)10-5-3-4-6-11(10)23-2/h3-7H,8,16H2,1-2H3,(H,17,18,22). The van der Waals surface area contributed by atoms with Crippen molar-refractivity contribution in [1.82, 2.24) is 19.9 Å². The normalized spacial score (nSPS) is 10.6. The molecule has 0 spiro atoms. The van der Waals surface area contributed by atoms with Crippen LogP contribution in [-0.4, -0.2) is 38.6 Å². The molecule has 2 heterocycles. The van der Waals surface area contributed by atoms with Crippen LogP contribution < -0.4 is 15.9 Å². The number of benzene rings is 1. The lowest BCUT2D eigenvalue weighted by atomic mass is 10.2. The molecule has 0 radical (unpaired) electrons. The minimum absolute atomic E-state index is 0.153. The molecule has 0 bridgehead atoms. The topological polar surface area (TPSA) is 108 Å². The van der Waals surface area contributed by atoms with Crippen LogP contribution in [-0.2, 0) is 4.79 Å². The van der Waals surface area contributed by atoms with Crippen molar-refractivity contribution in [2.24, 2.45) is 0 Å². The second-order valence-corrected chi connectivity index (χ2v) is 6.81. The number of nitrogen functional groups attached to an aromatic ring is 1. The van der Waals surface area contributed by atoms with E-state index in [1.165, 1.54) is 27.8 Å². The first-order valence-corrected chi connectivity index (χ1v) is 9.13. The zero-order valence-corrected chi connectivity index (χ0v) is 15.2. The highest BCUT2D eigenvalue weighted by Crippen LogP contribution is 2.29. The number of amides is 1. The predicted octanol–water partition coefficient (Wildman–Crippen LogP) is 2.16. The molecule has 0 atom stereocenters. The maximum Gasteiger partial charge on any atom is 0.236 e. The molecule has 0 aliphatic rings. The van der Waals surface area contributed by atoms with Crippen LogP contribution in [0.3, 0.4) is 0 Å². The predicted molar refractivity (Wildman–Crippen MR) is 98.4 cm³/mol. The average Bonchev–Trinajstić information content (AvgIpc) is 3.18. The number of carbonyl (C=O) groups excluding carboxylic acids is 1. The van der Waals surface area contributed by atoms with Gasteiger partial charge in [0.15, 0.2) is 11.0 Å². The number of anilines is 1. The lowest BCUT2D eigenvalue weighted by Crippen LogP contribution is -2.16. The van der Waals surface area contributed by atoms with E-state index in [9.17, 15) is 4.79 Å². The first-order chi connectivity index (χ1) is 12.1. The van der Waals surface area contributed by atoms with Gasteiger partial charge >= 0.3 is 0 Å². The molecule has 0 saturated carbocycles. The van der Waals surface area contributed by atoms with Crippen molar-refractivity contribution < 1.29 is 9.53 Å². The van der Waals surface area contributed by atoms with Gasteiger partial charge in [-0.1, -0.05) is 23.9 Å². The molecule has 0 aliphatic heterocycles. The highest BCUT2D eigenvalue weighted by Gasteiger charge is 2.16. The Morgan fingerprint density at radius 2 is 2.20 bits per heavy atom. The maximum absolute atomic E-state index is 12.0. The van der Waals surface area contributed by atoms with E-state index in [2.05, 4.69) is 20.5 Å². The largest absolute Gasteiger partial charge is 0.496 e. The van der Waals surface area contributed by atoms with Crippen LogP contribution in [0, 0.1) is 6.92 Å². The van der Waals surface area contributed by atoms with Gasteiger partial charge in [-0.2, -0.15) is 0 Å². The number of thioether (sulfide) groups is 1. The zero-order chi connectivity index (χ0) is 17.8. The summed E-state index contributed by atoms with van der Waals surface area (Å²) in [5.74, 6) is 7.16. The maximum atomic E-state index is 12.0. The number of carbonyl (C=O) groups is 1. The molecule has 3 aromatic rings. The van der Waals surface area contributed by atoms with Gasteiger partial charge < -0.3 is 15.9 Å². The Morgan fingerprint density at radius 3 is 2.92 bits per heavy atom. The van der Waals surface area contributed by atoms with E-state index in [-0.39, 0.29) is 11.7 Å². The number of aryl methyl sites for hydroxylation is 1. The number of rotatable bonds is 6. The number of nitrogens with zero attached hydrogens (tertiary/aromatic N) is 4. The smallest absolute Gasteiger partial charge is 0.236 e. The Morgan fingerprint density at radius 1 is 1.40 bits per heavy atom. The molecule has 2 aromatic heterocycles. The van der Waals surface area contributed by atoms with Gasteiger partial charge in [-0.3, -0.25) is 4.79 Å². The Labute approximate surface area is 152 Å². The third-order valence-corrected chi connectivity index (χ3v) is 5.03. The molecule has 3 N–H and O–H groups in total. The monoisotopic (exact) mass is 376 g/mol. The van der Waals surface area contributed by atoms with Gasteiger partial charge in [-0.15, -0.1) is 21.5 Å². The van der Waals surface area contributed by atoms with Crippen LogP contribution >= 0.6 is 23.1 Å². The van der Waals surface area contributed by atoms with E-state index in [4.69, 9.17) is 10.6 Å². The van der Waals surface area contributed by atoms with Crippen LogP contribution in [0.1, 0.15) is 5.69 Å². The van der Waals surface area contributed by atoms with Crippen molar-refractivity contribution in [2.45, 2.75) is 12.1 Å². The van der Waals surface area contributed by atoms with Crippen molar-refractivity contribution in [3.8, 4) is 17.1 Å². The quantitative estimate of drug-likeness (QED) is 0.501. The van der Waals surface area contributed by atoms with E-state index < -0.39 is 0 Å². The number of para-hydroxylation sites is 1. The minimum Gasteiger partial charge on any atom is -0.496 e. The molecule has 1 aromatic carbocycles. The van der Waals surface area contributed by atoms with Gasteiger partial charge in [0.1, 0.15) is 5.75 Å². The molecule has 130 valence electrons. The first-order valence-electron chi connectivity index (χ1n) is 7.27. The Bertz CT molecular complexity index is 892. The lowest BCUT2D eigenvalue weighted by Gasteiger charge is -2.07. The fraction of sp³-hybridized carbons (Fsp3) is 0.200. The molecule has 1 amide bonds. The Hall–Kier alpha value is -2.59. The minimum atomic E-state index is -0.179. The van der Waals surface area contributed by atoms with Gasteiger partial charge in [-0.25, -0.2) is 9.66 Å². The van der Waals surface area contributed by atoms with E-state index in [1.54, 1.807) is 7.11 Å². The zero-order valence-electron chi connectivity index (χ0n) is 13.6. The molecule has 0 saturated heterocycles. The number of nitrogens with one attached hydrogen (secondary N) is 1. The summed E-state index contributed by atoms with van der Waals surface area (Å²) in [4.78, 5) is 16.2. The molecule has 0 aliphatic carbocycles. The van der Waals surface area contributed by atoms with Crippen LogP contribution in [0.25, 0.3) is 11.4 Å².